The van der Waals surface area contributed by atoms with Crippen LogP contribution in [0.1, 0.15) is 64.2 Å². The molecule has 5 rings (SSSR count). The van der Waals surface area contributed by atoms with Gasteiger partial charge >= 0.3 is 5.97 Å². The highest BCUT2D eigenvalue weighted by Gasteiger charge is 2.19. The van der Waals surface area contributed by atoms with Gasteiger partial charge in [-0.05, 0) is 79.5 Å². The van der Waals surface area contributed by atoms with Crippen LogP contribution in [0.5, 0.6) is 5.75 Å². The van der Waals surface area contributed by atoms with E-state index in [0.29, 0.717) is 29.2 Å². The summed E-state index contributed by atoms with van der Waals surface area (Å²) >= 11 is 6.33. The van der Waals surface area contributed by atoms with Crippen LogP contribution in [0.3, 0.4) is 0 Å². The van der Waals surface area contributed by atoms with Crippen LogP contribution in [0.4, 0.5) is 5.69 Å². The van der Waals surface area contributed by atoms with Crippen molar-refractivity contribution in [1.29, 1.82) is 0 Å². The Balaban J connectivity index is 1.31. The summed E-state index contributed by atoms with van der Waals surface area (Å²) in [6, 6.07) is 17.2. The second kappa shape index (κ2) is 12.2. The van der Waals surface area contributed by atoms with E-state index in [0.717, 1.165) is 47.8 Å². The number of hydrogen-bond donors (Lipinski definition) is 2. The van der Waals surface area contributed by atoms with E-state index in [1.165, 1.54) is 17.7 Å². The third-order valence-electron chi connectivity index (χ3n) is 6.83. The topological polar surface area (TPSA) is 84.3 Å². The minimum absolute atomic E-state index is 0.129. The monoisotopic (exact) mass is 539 g/mol. The SMILES string of the molecule is Cc1cc(C#CCCNc2c3c(nc4ccc(Cl)cc24)CCCCC3)nc(C(=O)O)c1OCc1ccccc1. The van der Waals surface area contributed by atoms with E-state index in [1.807, 2.05) is 55.5 Å². The number of fused-ring (bicyclic) bond motifs is 2. The number of anilines is 1. The Morgan fingerprint density at radius 3 is 2.72 bits per heavy atom. The molecule has 0 unspecified atom stereocenters. The molecule has 0 aliphatic heterocycles. The summed E-state index contributed by atoms with van der Waals surface area (Å²) < 4.78 is 5.84. The number of carboxylic acid groups (broad SMARTS) is 1. The maximum Gasteiger partial charge on any atom is 0.358 e. The van der Waals surface area contributed by atoms with Gasteiger partial charge in [-0.3, -0.25) is 4.98 Å². The summed E-state index contributed by atoms with van der Waals surface area (Å²) in [4.78, 5) is 21.1. The fourth-order valence-electron chi connectivity index (χ4n) is 4.96. The van der Waals surface area contributed by atoms with Gasteiger partial charge in [-0.15, -0.1) is 0 Å². The molecule has 6 nitrogen and oxygen atoms in total. The van der Waals surface area contributed by atoms with Crippen molar-refractivity contribution in [2.45, 2.75) is 52.1 Å². The maximum absolute atomic E-state index is 11.9. The van der Waals surface area contributed by atoms with Gasteiger partial charge in [-0.25, -0.2) is 9.78 Å². The van der Waals surface area contributed by atoms with Crippen molar-refractivity contribution in [2.75, 3.05) is 11.9 Å². The molecule has 39 heavy (non-hydrogen) atoms. The number of aromatic nitrogens is 2. The van der Waals surface area contributed by atoms with Crippen molar-refractivity contribution in [1.82, 2.24) is 9.97 Å². The Labute approximate surface area is 233 Å². The molecule has 0 atom stereocenters. The Bertz CT molecular complexity index is 1580. The lowest BCUT2D eigenvalue weighted by molar-refractivity contribution is 0.0684. The van der Waals surface area contributed by atoms with E-state index < -0.39 is 5.97 Å². The van der Waals surface area contributed by atoms with Gasteiger partial charge in [0, 0.05) is 34.8 Å². The maximum atomic E-state index is 11.9. The summed E-state index contributed by atoms with van der Waals surface area (Å²) in [6.07, 6.45) is 6.07. The van der Waals surface area contributed by atoms with Gasteiger partial charge in [0.15, 0.2) is 11.4 Å². The van der Waals surface area contributed by atoms with Crippen molar-refractivity contribution in [3.63, 3.8) is 0 Å². The summed E-state index contributed by atoms with van der Waals surface area (Å²) in [5.74, 6) is 5.30. The van der Waals surface area contributed by atoms with Crippen LogP contribution in [0, 0.1) is 18.8 Å². The summed E-state index contributed by atoms with van der Waals surface area (Å²) in [6.45, 7) is 2.71. The van der Waals surface area contributed by atoms with Crippen molar-refractivity contribution in [3.05, 3.63) is 93.4 Å². The van der Waals surface area contributed by atoms with Gasteiger partial charge in [0.05, 0.1) is 5.52 Å². The average molecular weight is 540 g/mol. The second-order valence-electron chi connectivity index (χ2n) is 9.69. The number of nitrogens with one attached hydrogen (secondary N) is 1. The van der Waals surface area contributed by atoms with Crippen LogP contribution in [-0.2, 0) is 19.4 Å². The number of hydrogen-bond acceptors (Lipinski definition) is 5. The lowest BCUT2D eigenvalue weighted by atomic mass is 10.0. The van der Waals surface area contributed by atoms with E-state index >= 15 is 0 Å². The predicted molar refractivity (Wildman–Crippen MR) is 155 cm³/mol. The zero-order valence-corrected chi connectivity index (χ0v) is 22.6. The Hall–Kier alpha value is -4.08. The molecular formula is C32H30ClN3O3. The highest BCUT2D eigenvalue weighted by atomic mass is 35.5. The standard InChI is InChI=1S/C32H30ClN3O3/c1-21-18-24(35-30(32(37)38)31(21)39-20-22-10-4-2-5-11-22)12-8-9-17-34-29-25-13-6-3-7-14-27(25)36-28-16-15-23(33)19-26(28)29/h2,4-5,10-11,15-16,18-19H,3,6-7,9,13-14,17,20H2,1H3,(H,34,36)(H,37,38). The summed E-state index contributed by atoms with van der Waals surface area (Å²) in [5.41, 5.74) is 6.42. The highest BCUT2D eigenvalue weighted by Crippen LogP contribution is 2.34. The van der Waals surface area contributed by atoms with Gasteiger partial charge in [-0.2, -0.15) is 0 Å². The Kier molecular flexibility index (Phi) is 8.29. The molecule has 4 aromatic rings. The van der Waals surface area contributed by atoms with E-state index in [2.05, 4.69) is 22.1 Å². The van der Waals surface area contributed by atoms with E-state index in [9.17, 15) is 9.90 Å². The third-order valence-corrected chi connectivity index (χ3v) is 7.06. The van der Waals surface area contributed by atoms with Crippen molar-refractivity contribution in [2.24, 2.45) is 0 Å². The van der Waals surface area contributed by atoms with Gasteiger partial charge in [0.25, 0.3) is 0 Å². The molecule has 2 heterocycles. The Morgan fingerprint density at radius 2 is 1.90 bits per heavy atom. The van der Waals surface area contributed by atoms with E-state index in [-0.39, 0.29) is 18.1 Å². The number of halogens is 1. The molecule has 0 bridgehead atoms. The number of carboxylic acids is 1. The van der Waals surface area contributed by atoms with Crippen LogP contribution in [0.15, 0.2) is 54.6 Å². The number of pyridine rings is 2. The first-order chi connectivity index (χ1) is 19.0. The number of aromatic carboxylic acids is 1. The molecule has 0 radical (unpaired) electrons. The number of aryl methyl sites for hydroxylation is 2. The van der Waals surface area contributed by atoms with Crippen LogP contribution < -0.4 is 10.1 Å². The predicted octanol–water partition coefficient (Wildman–Crippen LogP) is 6.99. The minimum atomic E-state index is -1.14. The zero-order valence-electron chi connectivity index (χ0n) is 21.9. The third kappa shape index (κ3) is 6.32. The zero-order chi connectivity index (χ0) is 27.2. The minimum Gasteiger partial charge on any atom is -0.486 e. The lowest BCUT2D eigenvalue weighted by Gasteiger charge is -2.17. The summed E-state index contributed by atoms with van der Waals surface area (Å²) in [5, 5.41) is 15.1. The molecule has 0 fully saturated rings. The molecule has 2 aromatic heterocycles. The molecule has 0 saturated heterocycles. The molecular weight excluding hydrogens is 510 g/mol. The number of benzene rings is 2. The second-order valence-corrected chi connectivity index (χ2v) is 10.1. The molecule has 2 aromatic carbocycles. The normalized spacial score (nSPS) is 12.7. The summed E-state index contributed by atoms with van der Waals surface area (Å²) in [7, 11) is 0. The first-order valence-electron chi connectivity index (χ1n) is 13.2. The van der Waals surface area contributed by atoms with Gasteiger partial charge in [-0.1, -0.05) is 54.3 Å². The fraction of sp³-hybridized carbons (Fsp3) is 0.281. The molecule has 0 spiro atoms. The van der Waals surface area contributed by atoms with Gasteiger partial charge < -0.3 is 15.2 Å². The molecule has 0 saturated carbocycles. The number of nitrogens with zero attached hydrogens (tertiary/aromatic N) is 2. The van der Waals surface area contributed by atoms with Crippen LogP contribution in [-0.4, -0.2) is 27.6 Å². The van der Waals surface area contributed by atoms with Crippen molar-refractivity contribution >= 4 is 34.2 Å². The van der Waals surface area contributed by atoms with Gasteiger partial charge in [0.2, 0.25) is 0 Å². The molecule has 198 valence electrons. The van der Waals surface area contributed by atoms with Gasteiger partial charge in [0.1, 0.15) is 12.3 Å². The largest absolute Gasteiger partial charge is 0.486 e. The molecule has 0 amide bonds. The first-order valence-corrected chi connectivity index (χ1v) is 13.6. The lowest BCUT2D eigenvalue weighted by Crippen LogP contribution is -2.09. The van der Waals surface area contributed by atoms with Crippen LogP contribution >= 0.6 is 11.6 Å². The molecule has 2 N–H and O–H groups in total. The number of carbonyl (C=O) groups is 1. The highest BCUT2D eigenvalue weighted by molar-refractivity contribution is 6.31. The fourth-order valence-corrected chi connectivity index (χ4v) is 5.13. The van der Waals surface area contributed by atoms with E-state index in [1.54, 1.807) is 6.07 Å². The van der Waals surface area contributed by atoms with E-state index in [4.69, 9.17) is 21.3 Å². The van der Waals surface area contributed by atoms with Crippen LogP contribution in [0.2, 0.25) is 5.02 Å². The van der Waals surface area contributed by atoms with Crippen molar-refractivity contribution < 1.29 is 14.6 Å². The van der Waals surface area contributed by atoms with Crippen molar-refractivity contribution in [3.8, 4) is 17.6 Å². The van der Waals surface area contributed by atoms with Crippen LogP contribution in [0.25, 0.3) is 10.9 Å². The average Bonchev–Trinajstić information content (AvgIpc) is 3.17. The number of rotatable bonds is 7. The first kappa shape index (κ1) is 26.5. The molecule has 7 heteroatoms. The number of ether oxygens (including phenoxy) is 1. The molecule has 1 aliphatic carbocycles. The Morgan fingerprint density at radius 1 is 1.08 bits per heavy atom. The molecule has 1 aliphatic rings. The smallest absolute Gasteiger partial charge is 0.358 e. The quantitative estimate of drug-likeness (QED) is 0.149.